The number of hydrogen-bond acceptors (Lipinski definition) is 5. The first-order chi connectivity index (χ1) is 9.86. The molecule has 0 saturated carbocycles. The predicted molar refractivity (Wildman–Crippen MR) is 78.4 cm³/mol. The smallest absolute Gasteiger partial charge is 0.273 e. The molecule has 0 fully saturated rings. The van der Waals surface area contributed by atoms with E-state index in [9.17, 15) is 8.42 Å². The van der Waals surface area contributed by atoms with E-state index in [1.807, 2.05) is 32.9 Å². The summed E-state index contributed by atoms with van der Waals surface area (Å²) in [6, 6.07) is 7.10. The van der Waals surface area contributed by atoms with Crippen molar-refractivity contribution in [1.82, 2.24) is 14.8 Å². The van der Waals surface area contributed by atoms with Gasteiger partial charge in [0.05, 0.1) is 12.2 Å². The summed E-state index contributed by atoms with van der Waals surface area (Å²) in [5.74, 6) is 1.04. The summed E-state index contributed by atoms with van der Waals surface area (Å²) >= 11 is 0. The first-order valence-electron chi connectivity index (χ1n) is 6.56. The zero-order valence-electron chi connectivity index (χ0n) is 12.1. The number of para-hydroxylation sites is 1. The van der Waals surface area contributed by atoms with Crippen LogP contribution >= 0.6 is 0 Å². The number of nitrogens with two attached hydrogens (primary N) is 1. The summed E-state index contributed by atoms with van der Waals surface area (Å²) in [5, 5.41) is 12.7. The molecule has 0 bridgehead atoms. The largest absolute Gasteiger partial charge is 0.493 e. The highest BCUT2D eigenvalue weighted by Gasteiger charge is 2.25. The van der Waals surface area contributed by atoms with Crippen molar-refractivity contribution in [2.75, 3.05) is 6.61 Å². The number of primary sulfonamides is 1. The molecule has 0 atom stereocenters. The monoisotopic (exact) mass is 310 g/mol. The third-order valence-electron chi connectivity index (χ3n) is 2.86. The Bertz CT molecular complexity index is 738. The maximum Gasteiger partial charge on any atom is 0.273 e. The molecule has 7 nitrogen and oxygen atoms in total. The Morgan fingerprint density at radius 3 is 2.52 bits per heavy atom. The van der Waals surface area contributed by atoms with Crippen LogP contribution < -0.4 is 9.88 Å². The molecule has 0 unspecified atom stereocenters. The Labute approximate surface area is 123 Å². The van der Waals surface area contributed by atoms with Crippen LogP contribution in [-0.4, -0.2) is 29.8 Å². The van der Waals surface area contributed by atoms with Gasteiger partial charge in [0.2, 0.25) is 0 Å². The number of hydrogen-bond donors (Lipinski definition) is 1. The van der Waals surface area contributed by atoms with Crippen molar-refractivity contribution in [1.29, 1.82) is 0 Å². The minimum absolute atomic E-state index is 0.169. The van der Waals surface area contributed by atoms with Crippen LogP contribution in [0.5, 0.6) is 5.75 Å². The van der Waals surface area contributed by atoms with Gasteiger partial charge in [0, 0.05) is 6.04 Å². The van der Waals surface area contributed by atoms with E-state index < -0.39 is 10.0 Å². The lowest BCUT2D eigenvalue weighted by Crippen LogP contribution is -2.20. The molecule has 0 amide bonds. The van der Waals surface area contributed by atoms with Gasteiger partial charge in [0.25, 0.3) is 15.2 Å². The molecule has 0 aliphatic carbocycles. The van der Waals surface area contributed by atoms with Gasteiger partial charge < -0.3 is 4.74 Å². The SMILES string of the molecule is CCOc1ccccc1-c1nnc(S(N)(=O)=O)n1C(C)C. The van der Waals surface area contributed by atoms with Crippen molar-refractivity contribution >= 4 is 10.0 Å². The zero-order valence-corrected chi connectivity index (χ0v) is 13.0. The van der Waals surface area contributed by atoms with Crippen LogP contribution in [0.1, 0.15) is 26.8 Å². The third kappa shape index (κ3) is 3.06. The average Bonchev–Trinajstić information content (AvgIpc) is 2.84. The number of ether oxygens (including phenoxy) is 1. The molecular weight excluding hydrogens is 292 g/mol. The fourth-order valence-electron chi connectivity index (χ4n) is 2.05. The molecule has 0 radical (unpaired) electrons. The number of sulfonamides is 1. The number of rotatable bonds is 5. The van der Waals surface area contributed by atoms with Gasteiger partial charge in [-0.2, -0.15) is 0 Å². The molecule has 8 heteroatoms. The van der Waals surface area contributed by atoms with Crippen LogP contribution in [0.15, 0.2) is 29.4 Å². The third-order valence-corrected chi connectivity index (χ3v) is 3.65. The maximum atomic E-state index is 11.6. The highest BCUT2D eigenvalue weighted by Crippen LogP contribution is 2.31. The van der Waals surface area contributed by atoms with E-state index in [4.69, 9.17) is 9.88 Å². The van der Waals surface area contributed by atoms with Crippen LogP contribution in [0, 0.1) is 0 Å². The summed E-state index contributed by atoms with van der Waals surface area (Å²) < 4.78 is 30.3. The van der Waals surface area contributed by atoms with Gasteiger partial charge in [0.1, 0.15) is 5.75 Å². The van der Waals surface area contributed by atoms with Crippen LogP contribution in [0.2, 0.25) is 0 Å². The Balaban J connectivity index is 2.68. The van der Waals surface area contributed by atoms with Crippen LogP contribution in [-0.2, 0) is 10.0 Å². The molecule has 21 heavy (non-hydrogen) atoms. The average molecular weight is 310 g/mol. The van der Waals surface area contributed by atoms with Crippen molar-refractivity contribution < 1.29 is 13.2 Å². The maximum absolute atomic E-state index is 11.6. The first kappa shape index (κ1) is 15.5. The molecule has 2 rings (SSSR count). The molecule has 0 aliphatic heterocycles. The van der Waals surface area contributed by atoms with E-state index in [2.05, 4.69) is 10.2 Å². The Hall–Kier alpha value is -1.93. The Morgan fingerprint density at radius 1 is 1.29 bits per heavy atom. The summed E-state index contributed by atoms with van der Waals surface area (Å²) in [7, 11) is -3.94. The van der Waals surface area contributed by atoms with Crippen molar-refractivity contribution in [2.24, 2.45) is 5.14 Å². The van der Waals surface area contributed by atoms with E-state index in [-0.39, 0.29) is 11.2 Å². The molecule has 0 aliphatic rings. The number of benzene rings is 1. The molecule has 2 aromatic rings. The number of aromatic nitrogens is 3. The molecule has 1 aromatic heterocycles. The summed E-state index contributed by atoms with van der Waals surface area (Å²) in [4.78, 5) is 0. The van der Waals surface area contributed by atoms with E-state index in [1.165, 1.54) is 4.57 Å². The molecular formula is C13H18N4O3S. The molecule has 1 heterocycles. The lowest BCUT2D eigenvalue weighted by molar-refractivity contribution is 0.341. The van der Waals surface area contributed by atoms with Crippen molar-refractivity contribution in [3.05, 3.63) is 24.3 Å². The fourth-order valence-corrected chi connectivity index (χ4v) is 2.78. The quantitative estimate of drug-likeness (QED) is 0.903. The minimum atomic E-state index is -3.94. The van der Waals surface area contributed by atoms with Gasteiger partial charge in [-0.25, -0.2) is 13.6 Å². The van der Waals surface area contributed by atoms with Crippen molar-refractivity contribution in [2.45, 2.75) is 32.0 Å². The van der Waals surface area contributed by atoms with E-state index in [0.29, 0.717) is 23.7 Å². The minimum Gasteiger partial charge on any atom is -0.493 e. The van der Waals surface area contributed by atoms with Crippen LogP contribution in [0.4, 0.5) is 0 Å². The summed E-state index contributed by atoms with van der Waals surface area (Å²) in [5.41, 5.74) is 0.676. The molecule has 2 N–H and O–H groups in total. The van der Waals surface area contributed by atoms with Gasteiger partial charge >= 0.3 is 0 Å². The molecule has 0 spiro atoms. The molecule has 0 saturated heterocycles. The summed E-state index contributed by atoms with van der Waals surface area (Å²) in [6.07, 6.45) is 0. The Morgan fingerprint density at radius 2 is 1.95 bits per heavy atom. The number of nitrogens with zero attached hydrogens (tertiary/aromatic N) is 3. The second-order valence-corrected chi connectivity index (χ2v) is 6.20. The molecule has 114 valence electrons. The second kappa shape index (κ2) is 5.82. The van der Waals surface area contributed by atoms with Crippen LogP contribution in [0.25, 0.3) is 11.4 Å². The molecule has 1 aromatic carbocycles. The zero-order chi connectivity index (χ0) is 15.6. The standard InChI is InChI=1S/C13H18N4O3S/c1-4-20-11-8-6-5-7-10(11)12-15-16-13(21(14,18)19)17(12)9(2)3/h5-9H,4H2,1-3H3,(H2,14,18,19). The van der Waals surface area contributed by atoms with Gasteiger partial charge in [-0.15, -0.1) is 10.2 Å². The second-order valence-electron chi connectivity index (χ2n) is 4.74. The van der Waals surface area contributed by atoms with E-state index in [0.717, 1.165) is 0 Å². The van der Waals surface area contributed by atoms with Gasteiger partial charge in [-0.3, -0.25) is 4.57 Å². The van der Waals surface area contributed by atoms with Crippen molar-refractivity contribution in [3.8, 4) is 17.1 Å². The van der Waals surface area contributed by atoms with Crippen molar-refractivity contribution in [3.63, 3.8) is 0 Å². The topological polar surface area (TPSA) is 100 Å². The van der Waals surface area contributed by atoms with Gasteiger partial charge in [-0.1, -0.05) is 12.1 Å². The highest BCUT2D eigenvalue weighted by molar-refractivity contribution is 7.89. The van der Waals surface area contributed by atoms with Gasteiger partial charge in [-0.05, 0) is 32.9 Å². The van der Waals surface area contributed by atoms with E-state index >= 15 is 0 Å². The normalized spacial score (nSPS) is 11.9. The van der Waals surface area contributed by atoms with Gasteiger partial charge in [0.15, 0.2) is 5.82 Å². The first-order valence-corrected chi connectivity index (χ1v) is 8.10. The predicted octanol–water partition coefficient (Wildman–Crippen LogP) is 1.57. The fraction of sp³-hybridized carbons (Fsp3) is 0.385. The van der Waals surface area contributed by atoms with E-state index in [1.54, 1.807) is 12.1 Å². The lowest BCUT2D eigenvalue weighted by atomic mass is 10.2. The van der Waals surface area contributed by atoms with Crippen LogP contribution in [0.3, 0.4) is 0 Å². The highest BCUT2D eigenvalue weighted by atomic mass is 32.2. The lowest BCUT2D eigenvalue weighted by Gasteiger charge is -2.15. The summed E-state index contributed by atoms with van der Waals surface area (Å²) in [6.45, 7) is 6.05. The Kier molecular flexibility index (Phi) is 4.29.